The topological polar surface area (TPSA) is 66.9 Å². The first-order valence-corrected chi connectivity index (χ1v) is 8.37. The Labute approximate surface area is 159 Å². The Morgan fingerprint density at radius 3 is 2.46 bits per heavy atom. The van der Waals surface area contributed by atoms with Gasteiger partial charge in [0.25, 0.3) is 5.91 Å². The number of hydrogen-bond donors (Lipinski definition) is 2. The lowest BCUT2D eigenvalue weighted by molar-refractivity contribution is -0.137. The number of carbonyl (C=O) groups excluding carboxylic acids is 1. The van der Waals surface area contributed by atoms with Gasteiger partial charge in [0.2, 0.25) is 0 Å². The molecular formula is C20H17F3N4O. The lowest BCUT2D eigenvalue weighted by atomic mass is 10.1. The monoisotopic (exact) mass is 386 g/mol. The number of benzene rings is 2. The van der Waals surface area contributed by atoms with Gasteiger partial charge in [0.15, 0.2) is 0 Å². The van der Waals surface area contributed by atoms with Crippen LogP contribution in [0.5, 0.6) is 0 Å². The maximum atomic E-state index is 12.8. The quantitative estimate of drug-likeness (QED) is 0.654. The van der Waals surface area contributed by atoms with Crippen LogP contribution in [0.3, 0.4) is 0 Å². The zero-order valence-electron chi connectivity index (χ0n) is 15.1. The van der Waals surface area contributed by atoms with Crippen molar-refractivity contribution in [2.24, 2.45) is 0 Å². The number of alkyl halides is 3. The molecule has 0 bridgehead atoms. The number of rotatable bonds is 4. The Morgan fingerprint density at radius 2 is 1.79 bits per heavy atom. The molecule has 0 fully saturated rings. The van der Waals surface area contributed by atoms with E-state index in [1.165, 1.54) is 24.5 Å². The molecule has 2 aromatic carbocycles. The van der Waals surface area contributed by atoms with Crippen LogP contribution < -0.4 is 10.6 Å². The minimum Gasteiger partial charge on any atom is -0.339 e. The molecule has 0 aliphatic rings. The molecule has 0 aliphatic carbocycles. The Hall–Kier alpha value is -3.42. The van der Waals surface area contributed by atoms with Crippen LogP contribution >= 0.6 is 0 Å². The van der Waals surface area contributed by atoms with Crippen molar-refractivity contribution in [1.29, 1.82) is 0 Å². The molecule has 0 aliphatic heterocycles. The van der Waals surface area contributed by atoms with E-state index in [1.54, 1.807) is 0 Å². The molecule has 28 heavy (non-hydrogen) atoms. The molecule has 0 radical (unpaired) electrons. The number of hydrogen-bond acceptors (Lipinski definition) is 4. The average molecular weight is 386 g/mol. The third-order valence-corrected chi connectivity index (χ3v) is 3.99. The highest BCUT2D eigenvalue weighted by atomic mass is 19.4. The molecule has 1 heterocycles. The average Bonchev–Trinajstić information content (AvgIpc) is 2.65. The Morgan fingerprint density at radius 1 is 1.00 bits per heavy atom. The highest BCUT2D eigenvalue weighted by molar-refractivity contribution is 6.02. The van der Waals surface area contributed by atoms with Crippen molar-refractivity contribution in [2.45, 2.75) is 20.0 Å². The Kier molecular flexibility index (Phi) is 5.30. The van der Waals surface area contributed by atoms with Gasteiger partial charge in [0, 0.05) is 11.4 Å². The summed E-state index contributed by atoms with van der Waals surface area (Å²) in [5, 5.41) is 5.52. The minimum absolute atomic E-state index is 0.0103. The van der Waals surface area contributed by atoms with Crippen molar-refractivity contribution in [2.75, 3.05) is 10.6 Å². The molecule has 5 nitrogen and oxygen atoms in total. The summed E-state index contributed by atoms with van der Waals surface area (Å²) in [6, 6.07) is 10.3. The van der Waals surface area contributed by atoms with Gasteiger partial charge in [-0.05, 0) is 49.2 Å². The van der Waals surface area contributed by atoms with Gasteiger partial charge in [-0.3, -0.25) is 4.79 Å². The van der Waals surface area contributed by atoms with Gasteiger partial charge >= 0.3 is 6.18 Å². The molecule has 3 rings (SSSR count). The van der Waals surface area contributed by atoms with Crippen molar-refractivity contribution < 1.29 is 18.0 Å². The number of anilines is 3. The normalized spacial score (nSPS) is 11.2. The summed E-state index contributed by atoms with van der Waals surface area (Å²) in [6.07, 6.45) is -1.83. The van der Waals surface area contributed by atoms with Crippen LogP contribution in [0.25, 0.3) is 0 Å². The van der Waals surface area contributed by atoms with Gasteiger partial charge < -0.3 is 10.6 Å². The fourth-order valence-electron chi connectivity index (χ4n) is 2.49. The van der Waals surface area contributed by atoms with Crippen molar-refractivity contribution in [3.63, 3.8) is 0 Å². The van der Waals surface area contributed by atoms with Crippen molar-refractivity contribution >= 4 is 23.1 Å². The largest absolute Gasteiger partial charge is 0.416 e. The molecule has 0 unspecified atom stereocenters. The molecule has 144 valence electrons. The van der Waals surface area contributed by atoms with Gasteiger partial charge in [-0.1, -0.05) is 18.2 Å². The second-order valence-corrected chi connectivity index (χ2v) is 6.26. The molecule has 1 amide bonds. The Bertz CT molecular complexity index is 1000. The molecule has 8 heteroatoms. The van der Waals surface area contributed by atoms with E-state index in [9.17, 15) is 18.0 Å². The fraction of sp³-hybridized carbons (Fsp3) is 0.150. The second-order valence-electron chi connectivity index (χ2n) is 6.26. The third kappa shape index (κ3) is 4.64. The van der Waals surface area contributed by atoms with Gasteiger partial charge in [-0.2, -0.15) is 13.2 Å². The van der Waals surface area contributed by atoms with Crippen LogP contribution in [0, 0.1) is 13.8 Å². The van der Waals surface area contributed by atoms with Crippen LogP contribution in [-0.2, 0) is 6.18 Å². The standard InChI is InChI=1S/C20H17F3N4O/c1-12-6-7-13(2)16(8-12)27-18-11-24-17(10-25-18)19(28)26-15-5-3-4-14(9-15)20(21,22)23/h3-11H,1-2H3,(H,25,27)(H,26,28). The van der Waals surface area contributed by atoms with E-state index in [0.717, 1.165) is 28.9 Å². The zero-order chi connectivity index (χ0) is 20.3. The second kappa shape index (κ2) is 7.67. The summed E-state index contributed by atoms with van der Waals surface area (Å²) >= 11 is 0. The number of aryl methyl sites for hydroxylation is 2. The SMILES string of the molecule is Cc1ccc(C)c(Nc2cnc(C(=O)Nc3cccc(C(F)(F)F)c3)cn2)c1. The van der Waals surface area contributed by atoms with E-state index in [2.05, 4.69) is 20.6 Å². The molecule has 3 aromatic rings. The van der Waals surface area contributed by atoms with Crippen molar-refractivity contribution in [3.8, 4) is 0 Å². The zero-order valence-corrected chi connectivity index (χ0v) is 15.1. The third-order valence-electron chi connectivity index (χ3n) is 3.99. The van der Waals surface area contributed by atoms with Gasteiger partial charge in [-0.25, -0.2) is 9.97 Å². The first kappa shape index (κ1) is 19.3. The first-order valence-electron chi connectivity index (χ1n) is 8.37. The number of amides is 1. The van der Waals surface area contributed by atoms with Gasteiger partial charge in [0.05, 0.1) is 18.0 Å². The maximum absolute atomic E-state index is 12.8. The smallest absolute Gasteiger partial charge is 0.339 e. The molecule has 2 N–H and O–H groups in total. The highest BCUT2D eigenvalue weighted by Gasteiger charge is 2.30. The summed E-state index contributed by atoms with van der Waals surface area (Å²) in [7, 11) is 0. The van der Waals surface area contributed by atoms with Crippen molar-refractivity contribution in [1.82, 2.24) is 9.97 Å². The molecular weight excluding hydrogens is 369 g/mol. The van der Waals surface area contributed by atoms with Crippen molar-refractivity contribution in [3.05, 3.63) is 77.2 Å². The van der Waals surface area contributed by atoms with E-state index in [1.807, 2.05) is 32.0 Å². The summed E-state index contributed by atoms with van der Waals surface area (Å²) in [4.78, 5) is 20.4. The lowest BCUT2D eigenvalue weighted by Crippen LogP contribution is -2.15. The minimum atomic E-state index is -4.48. The molecule has 0 atom stereocenters. The Balaban J connectivity index is 1.71. The fourth-order valence-corrected chi connectivity index (χ4v) is 2.49. The molecule has 1 aromatic heterocycles. The van der Waals surface area contributed by atoms with Gasteiger partial charge in [-0.15, -0.1) is 0 Å². The number of halogens is 3. The highest BCUT2D eigenvalue weighted by Crippen LogP contribution is 2.30. The summed E-state index contributed by atoms with van der Waals surface area (Å²) < 4.78 is 38.3. The molecule has 0 spiro atoms. The number of nitrogens with zero attached hydrogens (tertiary/aromatic N) is 2. The van der Waals surface area contributed by atoms with E-state index in [0.29, 0.717) is 5.82 Å². The van der Waals surface area contributed by atoms with Crippen LogP contribution in [0.15, 0.2) is 54.9 Å². The van der Waals surface area contributed by atoms with E-state index >= 15 is 0 Å². The van der Waals surface area contributed by atoms with Crippen LogP contribution in [0.4, 0.5) is 30.4 Å². The summed E-state index contributed by atoms with van der Waals surface area (Å²) in [5.74, 6) is -0.200. The van der Waals surface area contributed by atoms with Crippen LogP contribution in [0.1, 0.15) is 27.2 Å². The number of nitrogens with one attached hydrogen (secondary N) is 2. The summed E-state index contributed by atoms with van der Waals surface area (Å²) in [5.41, 5.74) is 2.15. The number of aromatic nitrogens is 2. The van der Waals surface area contributed by atoms with E-state index in [4.69, 9.17) is 0 Å². The van der Waals surface area contributed by atoms with Gasteiger partial charge in [0.1, 0.15) is 11.5 Å². The predicted molar refractivity (Wildman–Crippen MR) is 101 cm³/mol. The summed E-state index contributed by atoms with van der Waals surface area (Å²) in [6.45, 7) is 3.92. The predicted octanol–water partition coefficient (Wildman–Crippen LogP) is 5.11. The van der Waals surface area contributed by atoms with E-state index in [-0.39, 0.29) is 11.4 Å². The lowest BCUT2D eigenvalue weighted by Gasteiger charge is -2.11. The first-order chi connectivity index (χ1) is 13.2. The van der Waals surface area contributed by atoms with Crippen LogP contribution in [0.2, 0.25) is 0 Å². The maximum Gasteiger partial charge on any atom is 0.416 e. The molecule has 0 saturated carbocycles. The molecule has 0 saturated heterocycles. The van der Waals surface area contributed by atoms with E-state index < -0.39 is 17.6 Å². The van der Waals surface area contributed by atoms with Crippen LogP contribution in [-0.4, -0.2) is 15.9 Å². The number of carbonyl (C=O) groups is 1.